The first-order valence-electron chi connectivity index (χ1n) is 12.2. The van der Waals surface area contributed by atoms with E-state index in [1.54, 1.807) is 0 Å². The highest BCUT2D eigenvalue weighted by Crippen LogP contribution is 2.42. The van der Waals surface area contributed by atoms with E-state index in [4.69, 9.17) is 4.74 Å². The summed E-state index contributed by atoms with van der Waals surface area (Å²) in [6.45, 7) is 6.03. The number of anilines is 1. The van der Waals surface area contributed by atoms with E-state index in [0.29, 0.717) is 17.8 Å². The maximum Gasteiger partial charge on any atom is 0.420 e. The average molecular weight is 497 g/mol. The molecule has 0 spiro atoms. The molecule has 1 aliphatic carbocycles. The summed E-state index contributed by atoms with van der Waals surface area (Å²) in [7, 11) is 0. The maximum atomic E-state index is 14.4. The molecule has 3 heterocycles. The first kappa shape index (κ1) is 24.4. The first-order chi connectivity index (χ1) is 16.7. The number of aromatic nitrogens is 2. The number of nitrogens with zero attached hydrogens (tertiary/aromatic N) is 3. The normalized spacial score (nSPS) is 25.7. The lowest BCUT2D eigenvalue weighted by Crippen LogP contribution is -2.32. The van der Waals surface area contributed by atoms with E-state index in [1.165, 1.54) is 19.1 Å². The molecular weight excluding hydrogens is 467 g/mol. The standard InChI is InChI=1S/C25H29F5N4O/c1-14-2-3-19(23(27)22(14)26)21-10-20(25(28,29)30)24(33-32-21)31-18-8-16-12-34(13-17(16)9-18)11-15-4-6-35-7-5-15/h2-3,10,15-18H,4-9,11-13H2,1H3,(H,31,33)/t16-,17+,18+. The second-order valence-electron chi connectivity index (χ2n) is 10.2. The molecule has 5 nitrogen and oxygen atoms in total. The summed E-state index contributed by atoms with van der Waals surface area (Å²) in [5, 5.41) is 10.5. The van der Waals surface area contributed by atoms with Gasteiger partial charge in [-0.1, -0.05) is 6.07 Å². The summed E-state index contributed by atoms with van der Waals surface area (Å²) < 4.78 is 75.4. The zero-order valence-electron chi connectivity index (χ0n) is 19.5. The predicted molar refractivity (Wildman–Crippen MR) is 121 cm³/mol. The zero-order valence-corrected chi connectivity index (χ0v) is 19.5. The number of alkyl halides is 3. The molecule has 0 unspecified atom stereocenters. The molecule has 1 saturated carbocycles. The average Bonchev–Trinajstić information content (AvgIpc) is 3.36. The van der Waals surface area contributed by atoms with Gasteiger partial charge in [-0.05, 0) is 68.1 Å². The number of ether oxygens (including phenoxy) is 1. The Bertz CT molecular complexity index is 1060. The van der Waals surface area contributed by atoms with Crippen LogP contribution < -0.4 is 5.32 Å². The van der Waals surface area contributed by atoms with Crippen molar-refractivity contribution in [3.8, 4) is 11.3 Å². The van der Waals surface area contributed by atoms with Crippen LogP contribution in [0.3, 0.4) is 0 Å². The smallest absolute Gasteiger partial charge is 0.381 e. The fourth-order valence-corrected chi connectivity index (χ4v) is 5.84. The van der Waals surface area contributed by atoms with Gasteiger partial charge in [-0.3, -0.25) is 0 Å². The molecule has 2 saturated heterocycles. The van der Waals surface area contributed by atoms with Crippen LogP contribution in [0.2, 0.25) is 0 Å². The highest BCUT2D eigenvalue weighted by molar-refractivity contribution is 5.63. The monoisotopic (exact) mass is 496 g/mol. The Morgan fingerprint density at radius 2 is 1.71 bits per heavy atom. The third kappa shape index (κ3) is 5.14. The molecule has 3 atom stereocenters. The number of fused-ring (bicyclic) bond motifs is 1. The largest absolute Gasteiger partial charge is 0.420 e. The van der Waals surface area contributed by atoms with Gasteiger partial charge in [0.25, 0.3) is 0 Å². The van der Waals surface area contributed by atoms with Crippen LogP contribution in [0.4, 0.5) is 27.8 Å². The number of hydrogen-bond donors (Lipinski definition) is 1. The number of halogens is 5. The molecule has 1 N–H and O–H groups in total. The molecule has 3 fully saturated rings. The van der Waals surface area contributed by atoms with Crippen LogP contribution in [-0.4, -0.2) is 54.0 Å². The summed E-state index contributed by atoms with van der Waals surface area (Å²) in [6.07, 6.45) is -1.00. The Balaban J connectivity index is 1.28. The van der Waals surface area contributed by atoms with Gasteiger partial charge in [-0.25, -0.2) is 8.78 Å². The second kappa shape index (κ2) is 9.61. The Morgan fingerprint density at radius 3 is 2.37 bits per heavy atom. The third-order valence-electron chi connectivity index (χ3n) is 7.68. The summed E-state index contributed by atoms with van der Waals surface area (Å²) in [4.78, 5) is 2.49. The summed E-state index contributed by atoms with van der Waals surface area (Å²) >= 11 is 0. The summed E-state index contributed by atoms with van der Waals surface area (Å²) in [6, 6.07) is 3.13. The summed E-state index contributed by atoms with van der Waals surface area (Å²) in [5.41, 5.74) is -1.67. The number of benzene rings is 1. The van der Waals surface area contributed by atoms with Crippen molar-refractivity contribution in [2.24, 2.45) is 17.8 Å². The highest BCUT2D eigenvalue weighted by Gasteiger charge is 2.43. The molecule has 2 aromatic rings. The van der Waals surface area contributed by atoms with Gasteiger partial charge in [0.1, 0.15) is 5.56 Å². The number of nitrogens with one attached hydrogen (secondary N) is 1. The predicted octanol–water partition coefficient (Wildman–Crippen LogP) is 5.30. The van der Waals surface area contributed by atoms with Crippen molar-refractivity contribution in [2.45, 2.75) is 44.8 Å². The topological polar surface area (TPSA) is 50.3 Å². The molecule has 35 heavy (non-hydrogen) atoms. The van der Waals surface area contributed by atoms with Crippen molar-refractivity contribution in [3.63, 3.8) is 0 Å². The maximum absolute atomic E-state index is 14.4. The van der Waals surface area contributed by atoms with Crippen LogP contribution in [-0.2, 0) is 10.9 Å². The second-order valence-corrected chi connectivity index (χ2v) is 10.2. The lowest BCUT2D eigenvalue weighted by atomic mass is 10.00. The first-order valence-corrected chi connectivity index (χ1v) is 12.2. The van der Waals surface area contributed by atoms with E-state index in [0.717, 1.165) is 64.6 Å². The fraction of sp³-hybridized carbons (Fsp3) is 0.600. The van der Waals surface area contributed by atoms with Gasteiger partial charge in [-0.2, -0.15) is 13.2 Å². The van der Waals surface area contributed by atoms with Gasteiger partial charge in [-0.15, -0.1) is 10.2 Å². The van der Waals surface area contributed by atoms with E-state index in [-0.39, 0.29) is 28.7 Å². The molecule has 5 rings (SSSR count). The molecule has 0 radical (unpaired) electrons. The number of hydrogen-bond acceptors (Lipinski definition) is 5. The van der Waals surface area contributed by atoms with Gasteiger partial charge in [0.15, 0.2) is 17.5 Å². The number of aryl methyl sites for hydroxylation is 1. The molecule has 2 aliphatic heterocycles. The Morgan fingerprint density at radius 1 is 1.03 bits per heavy atom. The van der Waals surface area contributed by atoms with Gasteiger partial charge in [0, 0.05) is 44.5 Å². The van der Waals surface area contributed by atoms with E-state index < -0.39 is 23.4 Å². The Labute approximate surface area is 201 Å². The molecule has 3 aliphatic rings. The van der Waals surface area contributed by atoms with E-state index in [9.17, 15) is 22.0 Å². The van der Waals surface area contributed by atoms with Crippen molar-refractivity contribution in [3.05, 3.63) is 41.0 Å². The molecule has 0 bridgehead atoms. The van der Waals surface area contributed by atoms with Gasteiger partial charge < -0.3 is 15.0 Å². The number of rotatable bonds is 5. The van der Waals surface area contributed by atoms with Crippen LogP contribution >= 0.6 is 0 Å². The van der Waals surface area contributed by atoms with E-state index in [2.05, 4.69) is 20.4 Å². The van der Waals surface area contributed by atoms with E-state index >= 15 is 0 Å². The van der Waals surface area contributed by atoms with Crippen molar-refractivity contribution >= 4 is 5.82 Å². The zero-order chi connectivity index (χ0) is 24.7. The van der Waals surface area contributed by atoms with Crippen LogP contribution in [0.1, 0.15) is 36.8 Å². The van der Waals surface area contributed by atoms with Crippen molar-refractivity contribution in [2.75, 3.05) is 38.2 Å². The van der Waals surface area contributed by atoms with Crippen LogP contribution in [0.5, 0.6) is 0 Å². The minimum Gasteiger partial charge on any atom is -0.381 e. The SMILES string of the molecule is Cc1ccc(-c2cc(C(F)(F)F)c(N[C@H]3C[C@@H]4CN(CC5CCOCC5)C[C@@H]4C3)nn2)c(F)c1F. The molecule has 1 aromatic carbocycles. The Hall–Kier alpha value is -2.33. The van der Waals surface area contributed by atoms with Crippen molar-refractivity contribution < 1.29 is 26.7 Å². The van der Waals surface area contributed by atoms with Crippen molar-refractivity contribution in [1.29, 1.82) is 0 Å². The van der Waals surface area contributed by atoms with Crippen LogP contribution in [0.15, 0.2) is 18.2 Å². The highest BCUT2D eigenvalue weighted by atomic mass is 19.4. The lowest BCUT2D eigenvalue weighted by Gasteiger charge is -2.28. The van der Waals surface area contributed by atoms with Crippen LogP contribution in [0, 0.1) is 36.3 Å². The quantitative estimate of drug-likeness (QED) is 0.570. The molecule has 190 valence electrons. The fourth-order valence-electron chi connectivity index (χ4n) is 5.84. The third-order valence-corrected chi connectivity index (χ3v) is 7.68. The summed E-state index contributed by atoms with van der Waals surface area (Å²) in [5.74, 6) is -1.16. The molecule has 1 aromatic heterocycles. The van der Waals surface area contributed by atoms with Crippen LogP contribution in [0.25, 0.3) is 11.3 Å². The number of likely N-dealkylation sites (tertiary alicyclic amines) is 1. The minimum absolute atomic E-state index is 0.0617. The molecule has 10 heteroatoms. The van der Waals surface area contributed by atoms with Gasteiger partial charge in [0.05, 0.1) is 5.69 Å². The minimum atomic E-state index is -4.72. The molecular formula is C25H29F5N4O. The van der Waals surface area contributed by atoms with Gasteiger partial charge >= 0.3 is 6.18 Å². The van der Waals surface area contributed by atoms with Gasteiger partial charge in [0.2, 0.25) is 0 Å². The lowest BCUT2D eigenvalue weighted by molar-refractivity contribution is -0.137. The Kier molecular flexibility index (Phi) is 6.69. The molecule has 0 amide bonds. The van der Waals surface area contributed by atoms with E-state index in [1.807, 2.05) is 0 Å². The van der Waals surface area contributed by atoms with Crippen molar-refractivity contribution in [1.82, 2.24) is 15.1 Å².